The lowest BCUT2D eigenvalue weighted by atomic mass is 10.1. The summed E-state index contributed by atoms with van der Waals surface area (Å²) in [6.07, 6.45) is 1.51. The van der Waals surface area contributed by atoms with Gasteiger partial charge in [-0.2, -0.15) is 0 Å². The van der Waals surface area contributed by atoms with Gasteiger partial charge in [-0.05, 0) is 30.0 Å². The molecule has 0 spiro atoms. The number of carbonyl (C=O) groups excluding carboxylic acids is 1. The molecular formula is C17H13BrN4OS. The number of benzene rings is 2. The number of hydrazone groups is 1. The van der Waals surface area contributed by atoms with Crippen LogP contribution in [0.5, 0.6) is 0 Å². The van der Waals surface area contributed by atoms with Crippen molar-refractivity contribution < 1.29 is 4.79 Å². The Morgan fingerprint density at radius 1 is 1.21 bits per heavy atom. The number of fused-ring (bicyclic) bond motifs is 2. The minimum Gasteiger partial charge on any atom is -0.298 e. The Labute approximate surface area is 151 Å². The predicted molar refractivity (Wildman–Crippen MR) is 98.4 cm³/mol. The van der Waals surface area contributed by atoms with E-state index in [1.54, 1.807) is 5.01 Å². The summed E-state index contributed by atoms with van der Waals surface area (Å²) in [5.41, 5.74) is 1.50. The number of nitrogens with one attached hydrogen (secondary N) is 1. The van der Waals surface area contributed by atoms with E-state index in [2.05, 4.69) is 26.3 Å². The fourth-order valence-corrected chi connectivity index (χ4v) is 3.58. The molecule has 7 heteroatoms. The maximum absolute atomic E-state index is 12.7. The molecule has 1 amide bonds. The first-order valence-corrected chi connectivity index (χ1v) is 9.35. The van der Waals surface area contributed by atoms with Gasteiger partial charge < -0.3 is 0 Å². The number of halogens is 1. The van der Waals surface area contributed by atoms with E-state index in [-0.39, 0.29) is 12.1 Å². The minimum absolute atomic E-state index is 0.156. The molecule has 2 aliphatic rings. The number of nitrogens with zero attached hydrogens (tertiary/aromatic N) is 3. The fourth-order valence-electron chi connectivity index (χ4n) is 2.80. The molecule has 5 nitrogen and oxygen atoms in total. The second-order valence-corrected chi connectivity index (χ2v) is 7.04. The molecule has 0 aromatic heterocycles. The van der Waals surface area contributed by atoms with E-state index >= 15 is 0 Å². The number of thioether (sulfide) groups is 1. The molecule has 2 heterocycles. The zero-order valence-electron chi connectivity index (χ0n) is 12.7. The first-order valence-electron chi connectivity index (χ1n) is 7.33. The van der Waals surface area contributed by atoms with Gasteiger partial charge in [-0.25, -0.2) is 5.01 Å². The van der Waals surface area contributed by atoms with E-state index in [0.717, 1.165) is 20.6 Å². The maximum atomic E-state index is 12.7. The molecule has 0 fully saturated rings. The number of hydrogen-bond donors (Lipinski definition) is 1. The Morgan fingerprint density at radius 2 is 2.04 bits per heavy atom. The number of amides is 1. The largest absolute Gasteiger partial charge is 0.298 e. The quantitative estimate of drug-likeness (QED) is 0.795. The molecule has 120 valence electrons. The van der Waals surface area contributed by atoms with Gasteiger partial charge in [0.15, 0.2) is 11.3 Å². The molecule has 1 N–H and O–H groups in total. The van der Waals surface area contributed by atoms with E-state index < -0.39 is 0 Å². The molecular weight excluding hydrogens is 388 g/mol. The van der Waals surface area contributed by atoms with Crippen LogP contribution in [0.15, 0.2) is 63.1 Å². The normalized spacial score (nSPS) is 19.0. The van der Waals surface area contributed by atoms with E-state index in [1.807, 2.05) is 54.8 Å². The number of hydrogen-bond acceptors (Lipinski definition) is 5. The molecule has 4 rings (SSSR count). The van der Waals surface area contributed by atoms with Crippen molar-refractivity contribution in [1.29, 1.82) is 0 Å². The lowest BCUT2D eigenvalue weighted by Gasteiger charge is -2.33. The standard InChI is InChI=1S/C17H13BrN4OS/c1-24-17-20-16(23)14-12-7-2-3-8-13(12)19-15(22(14)21-17)10-5-4-6-11(18)9-10/h2-9,15H,1H3,(H,20,21,23). The number of amidine groups is 1. The van der Waals surface area contributed by atoms with Crippen molar-refractivity contribution >= 4 is 44.5 Å². The summed E-state index contributed by atoms with van der Waals surface area (Å²) in [5.74, 6) is -0.156. The highest BCUT2D eigenvalue weighted by Crippen LogP contribution is 2.31. The molecule has 24 heavy (non-hydrogen) atoms. The van der Waals surface area contributed by atoms with Gasteiger partial charge in [0.2, 0.25) is 0 Å². The smallest absolute Gasteiger partial charge is 0.276 e. The number of carbonyl (C=O) groups is 1. The van der Waals surface area contributed by atoms with Crippen LogP contribution in [0.1, 0.15) is 11.7 Å². The van der Waals surface area contributed by atoms with Crippen molar-refractivity contribution in [3.63, 3.8) is 0 Å². The van der Waals surface area contributed by atoms with E-state index in [4.69, 9.17) is 4.99 Å². The van der Waals surface area contributed by atoms with E-state index in [9.17, 15) is 4.79 Å². The average Bonchev–Trinajstić information content (AvgIpc) is 2.60. The highest BCUT2D eigenvalue weighted by molar-refractivity contribution is 9.10. The Morgan fingerprint density at radius 3 is 2.83 bits per heavy atom. The lowest BCUT2D eigenvalue weighted by Crippen LogP contribution is -2.50. The fraction of sp³-hybridized carbons (Fsp3) is 0.118. The molecule has 2 aromatic rings. The van der Waals surface area contributed by atoms with Crippen LogP contribution in [0.3, 0.4) is 0 Å². The highest BCUT2D eigenvalue weighted by atomic mass is 79.9. The highest BCUT2D eigenvalue weighted by Gasteiger charge is 2.34. The lowest BCUT2D eigenvalue weighted by molar-refractivity contribution is -0.116. The minimum atomic E-state index is -0.374. The van der Waals surface area contributed by atoms with Crippen LogP contribution in [0.2, 0.25) is 0 Å². The second kappa shape index (κ2) is 6.07. The maximum Gasteiger partial charge on any atom is 0.276 e. The Bertz CT molecular complexity index is 988. The molecule has 0 radical (unpaired) electrons. The SMILES string of the molecule is CSC1=NN2C(=c3ccccc3=NC2c2cccc(Br)c2)C(=O)N1. The third-order valence-electron chi connectivity index (χ3n) is 3.86. The van der Waals surface area contributed by atoms with Crippen LogP contribution in [0.25, 0.3) is 5.70 Å². The second-order valence-electron chi connectivity index (χ2n) is 5.33. The van der Waals surface area contributed by atoms with Crippen molar-refractivity contribution in [2.75, 3.05) is 6.26 Å². The first-order chi connectivity index (χ1) is 11.7. The average molecular weight is 401 g/mol. The van der Waals surface area contributed by atoms with Crippen molar-refractivity contribution in [3.8, 4) is 0 Å². The van der Waals surface area contributed by atoms with Gasteiger partial charge in [0.25, 0.3) is 5.91 Å². The molecule has 0 saturated carbocycles. The summed E-state index contributed by atoms with van der Waals surface area (Å²) in [7, 11) is 0. The molecule has 0 saturated heterocycles. The number of para-hydroxylation sites is 1. The topological polar surface area (TPSA) is 57.1 Å². The van der Waals surface area contributed by atoms with Crippen molar-refractivity contribution in [2.24, 2.45) is 10.1 Å². The summed E-state index contributed by atoms with van der Waals surface area (Å²) < 4.78 is 0.964. The van der Waals surface area contributed by atoms with Crippen LogP contribution < -0.4 is 15.9 Å². The predicted octanol–water partition coefficient (Wildman–Crippen LogP) is 1.96. The van der Waals surface area contributed by atoms with Crippen LogP contribution in [-0.4, -0.2) is 22.3 Å². The Balaban J connectivity index is 1.99. The van der Waals surface area contributed by atoms with Gasteiger partial charge in [-0.1, -0.05) is 58.0 Å². The summed E-state index contributed by atoms with van der Waals surface area (Å²) in [4.78, 5) is 17.5. The van der Waals surface area contributed by atoms with Gasteiger partial charge in [-0.3, -0.25) is 15.1 Å². The third kappa shape index (κ3) is 2.53. The van der Waals surface area contributed by atoms with Crippen LogP contribution in [-0.2, 0) is 4.79 Å². The zero-order valence-corrected chi connectivity index (χ0v) is 15.1. The van der Waals surface area contributed by atoms with Crippen LogP contribution >= 0.6 is 27.7 Å². The van der Waals surface area contributed by atoms with Crippen molar-refractivity contribution in [2.45, 2.75) is 6.17 Å². The molecule has 1 unspecified atom stereocenters. The van der Waals surface area contributed by atoms with Gasteiger partial charge in [0, 0.05) is 9.69 Å². The van der Waals surface area contributed by atoms with Crippen molar-refractivity contribution in [1.82, 2.24) is 10.3 Å². The van der Waals surface area contributed by atoms with E-state index in [1.165, 1.54) is 11.8 Å². The summed E-state index contributed by atoms with van der Waals surface area (Å²) >= 11 is 4.90. The van der Waals surface area contributed by atoms with Crippen LogP contribution in [0.4, 0.5) is 0 Å². The Hall–Kier alpha value is -2.12. The molecule has 2 aromatic carbocycles. The summed E-state index contributed by atoms with van der Waals surface area (Å²) in [6.45, 7) is 0. The molecule has 0 bridgehead atoms. The summed E-state index contributed by atoms with van der Waals surface area (Å²) in [6, 6.07) is 15.6. The van der Waals surface area contributed by atoms with Gasteiger partial charge >= 0.3 is 0 Å². The molecule has 0 aliphatic carbocycles. The van der Waals surface area contributed by atoms with Gasteiger partial charge in [0.05, 0.1) is 5.36 Å². The van der Waals surface area contributed by atoms with Crippen LogP contribution in [0, 0.1) is 0 Å². The van der Waals surface area contributed by atoms with E-state index in [0.29, 0.717) is 10.9 Å². The number of rotatable bonds is 1. The first kappa shape index (κ1) is 15.4. The monoisotopic (exact) mass is 400 g/mol. The zero-order chi connectivity index (χ0) is 16.7. The Kier molecular flexibility index (Phi) is 3.90. The third-order valence-corrected chi connectivity index (χ3v) is 4.92. The van der Waals surface area contributed by atoms with Crippen molar-refractivity contribution in [3.05, 3.63) is 69.1 Å². The summed E-state index contributed by atoms with van der Waals surface area (Å²) in [5, 5.41) is 11.3. The van der Waals surface area contributed by atoms with Gasteiger partial charge in [0.1, 0.15) is 5.70 Å². The molecule has 2 aliphatic heterocycles. The molecule has 1 atom stereocenters. The van der Waals surface area contributed by atoms with Gasteiger partial charge in [-0.15, -0.1) is 5.10 Å².